The maximum absolute atomic E-state index is 14.5. The Morgan fingerprint density at radius 3 is 2.50 bits per heavy atom. The molecule has 230 valence electrons. The van der Waals surface area contributed by atoms with Gasteiger partial charge in [-0.2, -0.15) is 13.2 Å². The van der Waals surface area contributed by atoms with Gasteiger partial charge in [0.1, 0.15) is 11.4 Å². The number of hydrogen-bond donors (Lipinski definition) is 1. The number of fused-ring (bicyclic) bond motifs is 1. The number of alkyl halides is 3. The lowest BCUT2D eigenvalue weighted by Gasteiger charge is -2.42. The molecule has 1 atom stereocenters. The first-order valence-electron chi connectivity index (χ1n) is 13.9. The van der Waals surface area contributed by atoms with E-state index in [0.717, 1.165) is 12.1 Å². The standard InChI is InChI=1S/C29H38F3N5O5/c1-17(2)37(19-9-8-10-35(15-19)26(40)42-27(3,4)5)24(38)20-11-22-23(12-21(20)29(30,31)32)41-28(6,7)25(39)36(22)14-18-13-33-16-34-18/h11-13,16-17,19H,8-10,14-15H2,1-7H3,(H,33,34)/t19-/m1/s1. The average Bonchev–Trinajstić information content (AvgIpc) is 3.38. The number of hydrogen-bond acceptors (Lipinski definition) is 6. The lowest BCUT2D eigenvalue weighted by atomic mass is 9.96. The normalized spacial score (nSPS) is 18.9. The van der Waals surface area contributed by atoms with E-state index in [1.165, 1.54) is 41.1 Å². The van der Waals surface area contributed by atoms with Crippen LogP contribution in [0.2, 0.25) is 0 Å². The van der Waals surface area contributed by atoms with Crippen LogP contribution in [-0.4, -0.2) is 74.1 Å². The van der Waals surface area contributed by atoms with Crippen molar-refractivity contribution in [1.29, 1.82) is 0 Å². The molecule has 13 heteroatoms. The molecule has 0 unspecified atom stereocenters. The predicted molar refractivity (Wildman–Crippen MR) is 148 cm³/mol. The highest BCUT2D eigenvalue weighted by molar-refractivity contribution is 6.05. The second-order valence-electron chi connectivity index (χ2n) is 12.5. The summed E-state index contributed by atoms with van der Waals surface area (Å²) in [7, 11) is 0. The van der Waals surface area contributed by atoms with Gasteiger partial charge in [0.15, 0.2) is 5.60 Å². The molecular formula is C29H38F3N5O5. The molecule has 0 bridgehead atoms. The number of aromatic nitrogens is 2. The van der Waals surface area contributed by atoms with E-state index in [-0.39, 0.29) is 24.5 Å². The summed E-state index contributed by atoms with van der Waals surface area (Å²) in [6, 6.07) is 0.849. The van der Waals surface area contributed by atoms with Gasteiger partial charge in [0.05, 0.1) is 41.4 Å². The fourth-order valence-electron chi connectivity index (χ4n) is 5.36. The van der Waals surface area contributed by atoms with Crippen molar-refractivity contribution >= 4 is 23.6 Å². The number of aromatic amines is 1. The summed E-state index contributed by atoms with van der Waals surface area (Å²) < 4.78 is 54.7. The minimum absolute atomic E-state index is 0.0149. The van der Waals surface area contributed by atoms with Gasteiger partial charge in [-0.15, -0.1) is 0 Å². The first-order chi connectivity index (χ1) is 19.4. The number of carbonyl (C=O) groups excluding carboxylic acids is 3. The van der Waals surface area contributed by atoms with Crippen LogP contribution >= 0.6 is 0 Å². The third kappa shape index (κ3) is 6.49. The van der Waals surface area contributed by atoms with Crippen molar-refractivity contribution in [3.63, 3.8) is 0 Å². The van der Waals surface area contributed by atoms with Crippen LogP contribution in [0, 0.1) is 0 Å². The number of benzene rings is 1. The summed E-state index contributed by atoms with van der Waals surface area (Å²) in [5.74, 6) is -1.49. The topological polar surface area (TPSA) is 108 Å². The van der Waals surface area contributed by atoms with Crippen molar-refractivity contribution < 1.29 is 37.0 Å². The second kappa shape index (κ2) is 11.1. The van der Waals surface area contributed by atoms with Crippen LogP contribution in [0.25, 0.3) is 0 Å². The van der Waals surface area contributed by atoms with E-state index >= 15 is 0 Å². The van der Waals surface area contributed by atoms with Crippen molar-refractivity contribution in [1.82, 2.24) is 19.8 Å². The van der Waals surface area contributed by atoms with Gasteiger partial charge in [0.2, 0.25) is 0 Å². The molecule has 0 spiro atoms. The molecule has 2 aliphatic heterocycles. The van der Waals surface area contributed by atoms with Crippen LogP contribution in [0.15, 0.2) is 24.7 Å². The van der Waals surface area contributed by atoms with E-state index in [2.05, 4.69) is 9.97 Å². The lowest BCUT2D eigenvalue weighted by molar-refractivity contribution is -0.138. The van der Waals surface area contributed by atoms with E-state index in [0.29, 0.717) is 25.1 Å². The fraction of sp³-hybridized carbons (Fsp3) is 0.586. The Balaban J connectivity index is 1.76. The van der Waals surface area contributed by atoms with E-state index in [4.69, 9.17) is 9.47 Å². The first-order valence-corrected chi connectivity index (χ1v) is 13.9. The highest BCUT2D eigenvalue weighted by atomic mass is 19.4. The number of halogens is 3. The zero-order valence-electron chi connectivity index (χ0n) is 25.0. The van der Waals surface area contributed by atoms with Crippen LogP contribution in [0.3, 0.4) is 0 Å². The highest BCUT2D eigenvalue weighted by Crippen LogP contribution is 2.45. The number of rotatable bonds is 5. The van der Waals surface area contributed by atoms with Gasteiger partial charge in [-0.3, -0.25) is 14.5 Å². The molecule has 42 heavy (non-hydrogen) atoms. The number of H-pyrrole nitrogens is 1. The number of carbonyl (C=O) groups is 3. The minimum atomic E-state index is -4.89. The van der Waals surface area contributed by atoms with Crippen molar-refractivity contribution in [2.45, 2.75) is 97.3 Å². The molecule has 1 aromatic carbocycles. The number of imidazole rings is 1. The molecule has 4 rings (SSSR count). The van der Waals surface area contributed by atoms with E-state index in [9.17, 15) is 27.6 Å². The number of likely N-dealkylation sites (tertiary alicyclic amines) is 1. The molecule has 3 heterocycles. The second-order valence-corrected chi connectivity index (χ2v) is 12.5. The Kier molecular flexibility index (Phi) is 8.27. The minimum Gasteiger partial charge on any atom is -0.476 e. The van der Waals surface area contributed by atoms with Crippen molar-refractivity contribution in [3.05, 3.63) is 41.5 Å². The van der Waals surface area contributed by atoms with E-state index in [1.807, 2.05) is 0 Å². The number of anilines is 1. The maximum atomic E-state index is 14.5. The van der Waals surface area contributed by atoms with E-state index in [1.54, 1.807) is 34.6 Å². The maximum Gasteiger partial charge on any atom is 0.417 e. The largest absolute Gasteiger partial charge is 0.476 e. The number of nitrogens with one attached hydrogen (secondary N) is 1. The molecule has 0 radical (unpaired) electrons. The summed E-state index contributed by atoms with van der Waals surface area (Å²) in [5, 5.41) is 0. The molecule has 1 N–H and O–H groups in total. The van der Waals surface area contributed by atoms with Crippen LogP contribution in [0.5, 0.6) is 5.75 Å². The molecular weight excluding hydrogens is 555 g/mol. The lowest BCUT2D eigenvalue weighted by Crippen LogP contribution is -2.55. The van der Waals surface area contributed by atoms with Crippen LogP contribution < -0.4 is 9.64 Å². The summed E-state index contributed by atoms with van der Waals surface area (Å²) >= 11 is 0. The summed E-state index contributed by atoms with van der Waals surface area (Å²) in [5.41, 5.74) is -3.34. The zero-order valence-corrected chi connectivity index (χ0v) is 25.0. The van der Waals surface area contributed by atoms with Crippen LogP contribution in [0.4, 0.5) is 23.7 Å². The van der Waals surface area contributed by atoms with Gasteiger partial charge in [0.25, 0.3) is 11.8 Å². The smallest absolute Gasteiger partial charge is 0.417 e. The molecule has 1 aromatic heterocycles. The Labute approximate surface area is 243 Å². The fourth-order valence-corrected chi connectivity index (χ4v) is 5.36. The summed E-state index contributed by atoms with van der Waals surface area (Å²) in [4.78, 5) is 51.3. The number of piperidine rings is 1. The summed E-state index contributed by atoms with van der Waals surface area (Å²) in [6.45, 7) is 12.1. The van der Waals surface area contributed by atoms with Gasteiger partial charge < -0.3 is 24.3 Å². The van der Waals surface area contributed by atoms with Gasteiger partial charge in [-0.25, -0.2) is 9.78 Å². The Morgan fingerprint density at radius 2 is 1.93 bits per heavy atom. The number of amides is 3. The molecule has 3 amide bonds. The predicted octanol–water partition coefficient (Wildman–Crippen LogP) is 5.38. The summed E-state index contributed by atoms with van der Waals surface area (Å²) in [6.07, 6.45) is -1.45. The zero-order chi connectivity index (χ0) is 31.2. The number of nitrogens with zero attached hydrogens (tertiary/aromatic N) is 4. The van der Waals surface area contributed by atoms with Crippen molar-refractivity contribution in [2.24, 2.45) is 0 Å². The first kappa shape index (κ1) is 31.2. The molecule has 0 aliphatic carbocycles. The third-order valence-electron chi connectivity index (χ3n) is 7.17. The molecule has 10 nitrogen and oxygen atoms in total. The average molecular weight is 594 g/mol. The van der Waals surface area contributed by atoms with Gasteiger partial charge in [-0.05, 0) is 73.4 Å². The molecule has 0 saturated carbocycles. The van der Waals surface area contributed by atoms with E-state index < -0.39 is 58.5 Å². The Morgan fingerprint density at radius 1 is 1.24 bits per heavy atom. The highest BCUT2D eigenvalue weighted by Gasteiger charge is 2.46. The Hall–Kier alpha value is -3.77. The number of ether oxygens (including phenoxy) is 2. The Bertz CT molecular complexity index is 1330. The monoisotopic (exact) mass is 593 g/mol. The third-order valence-corrected chi connectivity index (χ3v) is 7.17. The molecule has 1 saturated heterocycles. The quantitative estimate of drug-likeness (QED) is 0.499. The van der Waals surface area contributed by atoms with Gasteiger partial charge >= 0.3 is 12.3 Å². The molecule has 1 fully saturated rings. The molecule has 2 aliphatic rings. The van der Waals surface area contributed by atoms with Crippen molar-refractivity contribution in [3.8, 4) is 5.75 Å². The van der Waals surface area contributed by atoms with Crippen LogP contribution in [0.1, 0.15) is 82.9 Å². The molecule has 2 aromatic rings. The van der Waals surface area contributed by atoms with Crippen molar-refractivity contribution in [2.75, 3.05) is 18.0 Å². The SMILES string of the molecule is CC(C)N(C(=O)c1cc2c(cc1C(F)(F)F)OC(C)(C)C(=O)N2Cc1cnc[nH]1)[C@@H]1CCCN(C(=O)OC(C)(C)C)C1. The van der Waals surface area contributed by atoms with Gasteiger partial charge in [-0.1, -0.05) is 0 Å². The van der Waals surface area contributed by atoms with Gasteiger partial charge in [0, 0.05) is 25.3 Å². The van der Waals surface area contributed by atoms with Crippen LogP contribution in [-0.2, 0) is 22.3 Å².